The number of aryl methyl sites for hydroxylation is 1. The van der Waals surface area contributed by atoms with Gasteiger partial charge in [0.2, 0.25) is 0 Å². The predicted octanol–water partition coefficient (Wildman–Crippen LogP) is 3.54. The van der Waals surface area contributed by atoms with Gasteiger partial charge >= 0.3 is 0 Å². The molecule has 0 spiro atoms. The van der Waals surface area contributed by atoms with Crippen molar-refractivity contribution >= 4 is 5.69 Å². The van der Waals surface area contributed by atoms with Crippen molar-refractivity contribution in [1.82, 2.24) is 0 Å². The summed E-state index contributed by atoms with van der Waals surface area (Å²) < 4.78 is 5.64. The second-order valence-corrected chi connectivity index (χ2v) is 5.17. The van der Waals surface area contributed by atoms with E-state index in [4.69, 9.17) is 15.7 Å². The van der Waals surface area contributed by atoms with Crippen molar-refractivity contribution in [3.05, 3.63) is 23.8 Å². The summed E-state index contributed by atoms with van der Waals surface area (Å²) in [4.78, 5) is 0. The minimum absolute atomic E-state index is 0.277. The summed E-state index contributed by atoms with van der Waals surface area (Å²) in [5.41, 5.74) is 7.54. The van der Waals surface area contributed by atoms with Crippen LogP contribution in [0.5, 0.6) is 5.75 Å². The van der Waals surface area contributed by atoms with Crippen LogP contribution in [0.25, 0.3) is 0 Å². The van der Waals surface area contributed by atoms with Gasteiger partial charge in [-0.25, -0.2) is 0 Å². The quantitative estimate of drug-likeness (QED) is 0.617. The molecule has 0 fully saturated rings. The predicted molar refractivity (Wildman–Crippen MR) is 74.4 cm³/mol. The molecule has 0 bridgehead atoms. The molecule has 3 heteroatoms. The third kappa shape index (κ3) is 4.29. The number of ether oxygens (including phenoxy) is 1. The number of hydrogen-bond acceptors (Lipinski definition) is 3. The first-order valence-electron chi connectivity index (χ1n) is 6.41. The van der Waals surface area contributed by atoms with Crippen molar-refractivity contribution in [3.63, 3.8) is 0 Å². The van der Waals surface area contributed by atoms with E-state index in [9.17, 15) is 0 Å². The number of rotatable bonds is 6. The normalized spacial score (nSPS) is 11.0. The van der Waals surface area contributed by atoms with Gasteiger partial charge in [-0.1, -0.05) is 13.0 Å². The van der Waals surface area contributed by atoms with Gasteiger partial charge in [0, 0.05) is 0 Å². The third-order valence-corrected chi connectivity index (χ3v) is 2.99. The number of benzene rings is 1. The van der Waals surface area contributed by atoms with E-state index in [0.717, 1.165) is 25.0 Å². The Bertz CT molecular complexity index is 433. The Labute approximate surface area is 110 Å². The Morgan fingerprint density at radius 3 is 2.67 bits per heavy atom. The Balaban J connectivity index is 2.43. The van der Waals surface area contributed by atoms with Gasteiger partial charge in [-0.3, -0.25) is 0 Å². The number of nitrogen functional groups attached to an aromatic ring is 1. The van der Waals surface area contributed by atoms with Crippen LogP contribution in [-0.2, 0) is 6.42 Å². The van der Waals surface area contributed by atoms with E-state index in [1.54, 1.807) is 0 Å². The molecule has 1 aromatic carbocycles. The van der Waals surface area contributed by atoms with Crippen molar-refractivity contribution in [3.8, 4) is 11.8 Å². The molecule has 98 valence electrons. The van der Waals surface area contributed by atoms with Gasteiger partial charge in [0.15, 0.2) is 0 Å². The molecule has 0 aliphatic rings. The highest BCUT2D eigenvalue weighted by Gasteiger charge is 2.15. The lowest BCUT2D eigenvalue weighted by Crippen LogP contribution is -2.10. The van der Waals surface area contributed by atoms with Crippen molar-refractivity contribution < 1.29 is 4.74 Å². The molecule has 0 atom stereocenters. The average molecular weight is 246 g/mol. The largest absolute Gasteiger partial charge is 0.491 e. The Kier molecular flexibility index (Phi) is 5.03. The maximum Gasteiger partial charge on any atom is 0.142 e. The van der Waals surface area contributed by atoms with E-state index in [1.807, 2.05) is 32.0 Å². The lowest BCUT2D eigenvalue weighted by molar-refractivity contribution is 0.285. The number of nitrogens with two attached hydrogens (primary N) is 1. The summed E-state index contributed by atoms with van der Waals surface area (Å²) in [7, 11) is 0. The van der Waals surface area contributed by atoms with Crippen LogP contribution in [0, 0.1) is 16.7 Å². The minimum Gasteiger partial charge on any atom is -0.491 e. The van der Waals surface area contributed by atoms with Crippen molar-refractivity contribution in [1.29, 1.82) is 5.26 Å². The van der Waals surface area contributed by atoms with E-state index in [2.05, 4.69) is 13.0 Å². The molecular weight excluding hydrogens is 224 g/mol. The van der Waals surface area contributed by atoms with Crippen LogP contribution in [0.3, 0.4) is 0 Å². The molecule has 0 unspecified atom stereocenters. The molecule has 0 saturated heterocycles. The highest BCUT2D eigenvalue weighted by atomic mass is 16.5. The fourth-order valence-corrected chi connectivity index (χ4v) is 1.70. The van der Waals surface area contributed by atoms with Crippen molar-refractivity contribution in [2.24, 2.45) is 5.41 Å². The Morgan fingerprint density at radius 2 is 2.11 bits per heavy atom. The first kappa shape index (κ1) is 14.4. The van der Waals surface area contributed by atoms with E-state index in [0.29, 0.717) is 12.3 Å². The molecule has 0 saturated carbocycles. The maximum absolute atomic E-state index is 8.90. The SMILES string of the molecule is CCc1ccc(OCCCC(C)(C)C#N)c(N)c1. The highest BCUT2D eigenvalue weighted by molar-refractivity contribution is 5.54. The fourth-order valence-electron chi connectivity index (χ4n) is 1.70. The smallest absolute Gasteiger partial charge is 0.142 e. The van der Waals surface area contributed by atoms with Crippen molar-refractivity contribution in [2.45, 2.75) is 40.0 Å². The van der Waals surface area contributed by atoms with E-state index in [-0.39, 0.29) is 5.41 Å². The van der Waals surface area contributed by atoms with E-state index >= 15 is 0 Å². The molecule has 1 aromatic rings. The molecule has 0 aliphatic carbocycles. The summed E-state index contributed by atoms with van der Waals surface area (Å²) in [6, 6.07) is 8.19. The summed E-state index contributed by atoms with van der Waals surface area (Å²) >= 11 is 0. The summed E-state index contributed by atoms with van der Waals surface area (Å²) in [6.07, 6.45) is 2.66. The van der Waals surface area contributed by atoms with Gasteiger partial charge in [-0.05, 0) is 50.8 Å². The topological polar surface area (TPSA) is 59.0 Å². The summed E-state index contributed by atoms with van der Waals surface area (Å²) in [5, 5.41) is 8.90. The number of nitrogens with zero attached hydrogens (tertiary/aromatic N) is 1. The molecule has 0 heterocycles. The van der Waals surface area contributed by atoms with Crippen LogP contribution in [0.2, 0.25) is 0 Å². The molecule has 0 amide bonds. The van der Waals surface area contributed by atoms with Crippen LogP contribution in [0.1, 0.15) is 39.2 Å². The molecule has 18 heavy (non-hydrogen) atoms. The monoisotopic (exact) mass is 246 g/mol. The molecular formula is C15H22N2O. The zero-order valence-corrected chi connectivity index (χ0v) is 11.5. The molecule has 3 nitrogen and oxygen atoms in total. The van der Waals surface area contributed by atoms with Gasteiger partial charge in [-0.2, -0.15) is 5.26 Å². The number of anilines is 1. The van der Waals surface area contributed by atoms with E-state index in [1.165, 1.54) is 5.56 Å². The Morgan fingerprint density at radius 1 is 1.39 bits per heavy atom. The Hall–Kier alpha value is -1.69. The van der Waals surface area contributed by atoms with Gasteiger partial charge in [0.25, 0.3) is 0 Å². The van der Waals surface area contributed by atoms with Crippen molar-refractivity contribution in [2.75, 3.05) is 12.3 Å². The standard InChI is InChI=1S/C15H22N2O/c1-4-12-6-7-14(13(17)10-12)18-9-5-8-15(2,3)11-16/h6-7,10H,4-5,8-9,17H2,1-3H3. The maximum atomic E-state index is 8.90. The van der Waals surface area contributed by atoms with Gasteiger partial charge in [-0.15, -0.1) is 0 Å². The van der Waals surface area contributed by atoms with Gasteiger partial charge in [0.1, 0.15) is 5.75 Å². The lowest BCUT2D eigenvalue weighted by atomic mass is 9.90. The van der Waals surface area contributed by atoms with Gasteiger partial charge in [0.05, 0.1) is 23.8 Å². The molecule has 2 N–H and O–H groups in total. The lowest BCUT2D eigenvalue weighted by Gasteiger charge is -2.15. The number of nitriles is 1. The fraction of sp³-hybridized carbons (Fsp3) is 0.533. The van der Waals surface area contributed by atoms with Crippen LogP contribution in [0.15, 0.2) is 18.2 Å². The molecule has 1 rings (SSSR count). The molecule has 0 aromatic heterocycles. The third-order valence-electron chi connectivity index (χ3n) is 2.99. The average Bonchev–Trinajstić information content (AvgIpc) is 2.36. The zero-order valence-electron chi connectivity index (χ0n) is 11.5. The highest BCUT2D eigenvalue weighted by Crippen LogP contribution is 2.24. The van der Waals surface area contributed by atoms with Gasteiger partial charge < -0.3 is 10.5 Å². The zero-order chi connectivity index (χ0) is 13.6. The second kappa shape index (κ2) is 6.30. The second-order valence-electron chi connectivity index (χ2n) is 5.17. The van der Waals surface area contributed by atoms with Crippen LogP contribution in [-0.4, -0.2) is 6.61 Å². The molecule has 0 aliphatic heterocycles. The first-order valence-corrected chi connectivity index (χ1v) is 6.41. The van der Waals surface area contributed by atoms with Crippen LogP contribution >= 0.6 is 0 Å². The minimum atomic E-state index is -0.277. The van der Waals surface area contributed by atoms with Crippen LogP contribution < -0.4 is 10.5 Å². The summed E-state index contributed by atoms with van der Waals surface area (Å²) in [6.45, 7) is 6.58. The number of hydrogen-bond donors (Lipinski definition) is 1. The van der Waals surface area contributed by atoms with Crippen LogP contribution in [0.4, 0.5) is 5.69 Å². The van der Waals surface area contributed by atoms with E-state index < -0.39 is 0 Å². The first-order chi connectivity index (χ1) is 8.48. The molecule has 0 radical (unpaired) electrons. The summed E-state index contributed by atoms with van der Waals surface area (Å²) in [5.74, 6) is 0.738.